The van der Waals surface area contributed by atoms with Crippen LogP contribution in [0.3, 0.4) is 0 Å². The van der Waals surface area contributed by atoms with E-state index < -0.39 is 0 Å². The molecule has 2 heterocycles. The molecule has 1 aromatic heterocycles. The number of rotatable bonds is 5. The number of ketones is 1. The average molecular weight is 238 g/mol. The number of thiophene rings is 1. The van der Waals surface area contributed by atoms with Crippen LogP contribution in [0.2, 0.25) is 0 Å². The number of carbonyl (C=O) groups excluding carboxylic acids is 1. The second kappa shape index (κ2) is 6.13. The zero-order chi connectivity index (χ0) is 11.2. The summed E-state index contributed by atoms with van der Waals surface area (Å²) in [5.41, 5.74) is 0. The third kappa shape index (κ3) is 3.40. The molecule has 0 bridgehead atoms. The van der Waals surface area contributed by atoms with Gasteiger partial charge in [-0.2, -0.15) is 0 Å². The van der Waals surface area contributed by atoms with Crippen molar-refractivity contribution < 1.29 is 4.79 Å². The van der Waals surface area contributed by atoms with Gasteiger partial charge in [0.25, 0.3) is 0 Å². The molecule has 2 N–H and O–H groups in total. The van der Waals surface area contributed by atoms with E-state index in [2.05, 4.69) is 10.6 Å². The standard InChI is InChI=1S/C12H18N2OS/c15-11(12-4-2-6-16-12)9-14-8-10-3-1-5-13-7-10/h2,4,6,10,13-14H,1,3,5,7-9H2. The molecular formula is C12H18N2OS. The molecule has 2 rings (SSSR count). The van der Waals surface area contributed by atoms with Crippen LogP contribution in [0.1, 0.15) is 22.5 Å². The van der Waals surface area contributed by atoms with Crippen molar-refractivity contribution in [1.82, 2.24) is 10.6 Å². The Hall–Kier alpha value is -0.710. The van der Waals surface area contributed by atoms with E-state index >= 15 is 0 Å². The Morgan fingerprint density at radius 3 is 3.25 bits per heavy atom. The van der Waals surface area contributed by atoms with Crippen LogP contribution in [0.5, 0.6) is 0 Å². The fourth-order valence-corrected chi connectivity index (χ4v) is 2.68. The molecule has 4 heteroatoms. The number of carbonyl (C=O) groups is 1. The second-order valence-electron chi connectivity index (χ2n) is 4.24. The minimum Gasteiger partial charge on any atom is -0.316 e. The number of hydrogen-bond donors (Lipinski definition) is 2. The summed E-state index contributed by atoms with van der Waals surface area (Å²) in [6.45, 7) is 3.64. The molecule has 1 saturated heterocycles. The monoisotopic (exact) mass is 238 g/mol. The Balaban J connectivity index is 1.66. The van der Waals surface area contributed by atoms with Crippen molar-refractivity contribution in [3.8, 4) is 0 Å². The van der Waals surface area contributed by atoms with Crippen molar-refractivity contribution in [2.24, 2.45) is 5.92 Å². The molecule has 0 amide bonds. The maximum absolute atomic E-state index is 11.7. The molecular weight excluding hydrogens is 220 g/mol. The van der Waals surface area contributed by atoms with Crippen LogP contribution in [0, 0.1) is 5.92 Å². The Morgan fingerprint density at radius 1 is 1.62 bits per heavy atom. The summed E-state index contributed by atoms with van der Waals surface area (Å²) in [7, 11) is 0. The van der Waals surface area contributed by atoms with Crippen LogP contribution in [-0.4, -0.2) is 32.0 Å². The maximum Gasteiger partial charge on any atom is 0.186 e. The largest absolute Gasteiger partial charge is 0.316 e. The first-order valence-electron chi connectivity index (χ1n) is 5.84. The van der Waals surface area contributed by atoms with Gasteiger partial charge in [0.1, 0.15) is 0 Å². The van der Waals surface area contributed by atoms with E-state index in [9.17, 15) is 4.79 Å². The highest BCUT2D eigenvalue weighted by molar-refractivity contribution is 7.12. The highest BCUT2D eigenvalue weighted by Crippen LogP contribution is 2.10. The summed E-state index contributed by atoms with van der Waals surface area (Å²) in [6, 6.07) is 3.81. The number of Topliss-reactive ketones (excluding diaryl/α,β-unsaturated/α-hetero) is 1. The van der Waals surface area contributed by atoms with Crippen molar-refractivity contribution in [3.05, 3.63) is 22.4 Å². The molecule has 1 aromatic rings. The van der Waals surface area contributed by atoms with Gasteiger partial charge in [-0.1, -0.05) is 6.07 Å². The van der Waals surface area contributed by atoms with Gasteiger partial charge in [0, 0.05) is 0 Å². The predicted octanol–water partition coefficient (Wildman–Crippen LogP) is 1.52. The topological polar surface area (TPSA) is 41.1 Å². The summed E-state index contributed by atoms with van der Waals surface area (Å²) in [5, 5.41) is 8.58. The molecule has 1 aliphatic rings. The molecule has 0 radical (unpaired) electrons. The number of hydrogen-bond acceptors (Lipinski definition) is 4. The van der Waals surface area contributed by atoms with Crippen LogP contribution in [0.25, 0.3) is 0 Å². The van der Waals surface area contributed by atoms with Crippen molar-refractivity contribution in [1.29, 1.82) is 0 Å². The van der Waals surface area contributed by atoms with Gasteiger partial charge in [-0.25, -0.2) is 0 Å². The second-order valence-corrected chi connectivity index (χ2v) is 5.19. The normalized spacial score (nSPS) is 20.9. The van der Waals surface area contributed by atoms with Gasteiger partial charge in [0.2, 0.25) is 0 Å². The van der Waals surface area contributed by atoms with Crippen molar-refractivity contribution in [2.45, 2.75) is 12.8 Å². The molecule has 0 spiro atoms. The Morgan fingerprint density at radius 2 is 2.56 bits per heavy atom. The van der Waals surface area contributed by atoms with E-state index in [4.69, 9.17) is 0 Å². The number of piperidine rings is 1. The summed E-state index contributed by atoms with van der Waals surface area (Å²) in [5.74, 6) is 0.892. The lowest BCUT2D eigenvalue weighted by Gasteiger charge is -2.22. The highest BCUT2D eigenvalue weighted by Gasteiger charge is 2.13. The maximum atomic E-state index is 11.7. The van der Waals surface area contributed by atoms with E-state index in [1.165, 1.54) is 24.2 Å². The molecule has 3 nitrogen and oxygen atoms in total. The first-order chi connectivity index (χ1) is 7.86. The third-order valence-corrected chi connectivity index (χ3v) is 3.82. The van der Waals surface area contributed by atoms with Crippen molar-refractivity contribution in [2.75, 3.05) is 26.2 Å². The first kappa shape index (κ1) is 11.8. The van der Waals surface area contributed by atoms with Gasteiger partial charge in [-0.05, 0) is 49.8 Å². The molecule has 0 aliphatic carbocycles. The lowest BCUT2D eigenvalue weighted by molar-refractivity contribution is 0.0993. The molecule has 0 saturated carbocycles. The van der Waals surface area contributed by atoms with Gasteiger partial charge in [-0.3, -0.25) is 4.79 Å². The molecule has 1 atom stereocenters. The van der Waals surface area contributed by atoms with Gasteiger partial charge in [0.15, 0.2) is 5.78 Å². The van der Waals surface area contributed by atoms with Crippen molar-refractivity contribution in [3.63, 3.8) is 0 Å². The molecule has 88 valence electrons. The summed E-state index contributed by atoms with van der Waals surface area (Å²) >= 11 is 1.52. The Kier molecular flexibility index (Phi) is 4.51. The summed E-state index contributed by atoms with van der Waals surface area (Å²) in [6.07, 6.45) is 2.53. The van der Waals surface area contributed by atoms with E-state index in [-0.39, 0.29) is 5.78 Å². The van der Waals surface area contributed by atoms with Crippen LogP contribution in [0.15, 0.2) is 17.5 Å². The van der Waals surface area contributed by atoms with Crippen molar-refractivity contribution >= 4 is 17.1 Å². The first-order valence-corrected chi connectivity index (χ1v) is 6.72. The van der Waals surface area contributed by atoms with Crippen LogP contribution >= 0.6 is 11.3 Å². The molecule has 1 unspecified atom stereocenters. The Bertz CT molecular complexity index is 318. The smallest absolute Gasteiger partial charge is 0.186 e. The van der Waals surface area contributed by atoms with Gasteiger partial charge in [0.05, 0.1) is 11.4 Å². The molecule has 16 heavy (non-hydrogen) atoms. The van der Waals surface area contributed by atoms with Crippen LogP contribution < -0.4 is 10.6 Å². The minimum absolute atomic E-state index is 0.207. The summed E-state index contributed by atoms with van der Waals surface area (Å²) < 4.78 is 0. The SMILES string of the molecule is O=C(CNCC1CCCNC1)c1cccs1. The lowest BCUT2D eigenvalue weighted by Crippen LogP contribution is -2.37. The van der Waals surface area contributed by atoms with Crippen LogP contribution in [0.4, 0.5) is 0 Å². The van der Waals surface area contributed by atoms with Gasteiger partial charge < -0.3 is 10.6 Å². The van der Waals surface area contributed by atoms with E-state index in [1.807, 2.05) is 17.5 Å². The van der Waals surface area contributed by atoms with E-state index in [0.717, 1.165) is 24.5 Å². The molecule has 1 fully saturated rings. The van der Waals surface area contributed by atoms with E-state index in [1.54, 1.807) is 0 Å². The molecule has 0 aromatic carbocycles. The van der Waals surface area contributed by atoms with Crippen LogP contribution in [-0.2, 0) is 0 Å². The fourth-order valence-electron chi connectivity index (χ4n) is 2.01. The van der Waals surface area contributed by atoms with Gasteiger partial charge >= 0.3 is 0 Å². The minimum atomic E-state index is 0.207. The van der Waals surface area contributed by atoms with E-state index in [0.29, 0.717) is 12.5 Å². The predicted molar refractivity (Wildman–Crippen MR) is 67.1 cm³/mol. The average Bonchev–Trinajstić information content (AvgIpc) is 2.84. The zero-order valence-electron chi connectivity index (χ0n) is 9.37. The number of nitrogens with one attached hydrogen (secondary N) is 2. The third-order valence-electron chi connectivity index (χ3n) is 2.91. The highest BCUT2D eigenvalue weighted by atomic mass is 32.1. The summed E-state index contributed by atoms with van der Waals surface area (Å²) in [4.78, 5) is 12.5. The fraction of sp³-hybridized carbons (Fsp3) is 0.583. The lowest BCUT2D eigenvalue weighted by atomic mass is 10.00. The Labute approximate surface area is 100 Å². The zero-order valence-corrected chi connectivity index (χ0v) is 10.2. The quantitative estimate of drug-likeness (QED) is 0.764. The van der Waals surface area contributed by atoms with Gasteiger partial charge in [-0.15, -0.1) is 11.3 Å². The molecule has 1 aliphatic heterocycles.